The molecule has 0 saturated carbocycles. The molecule has 0 amide bonds. The predicted octanol–water partition coefficient (Wildman–Crippen LogP) is 2.47. The largest absolute Gasteiger partial charge is 0.399 e. The fourth-order valence-corrected chi connectivity index (χ4v) is 3.06. The average molecular weight is 262 g/mol. The molecule has 1 aliphatic rings. The maximum atomic E-state index is 9.67. The number of unbranched alkanes of at least 4 members (excludes halogenated alkanes) is 1. The number of nitrogen functional groups attached to an aromatic ring is 1. The van der Waals surface area contributed by atoms with Gasteiger partial charge in [0.05, 0.1) is 0 Å². The second-order valence-electron chi connectivity index (χ2n) is 5.66. The minimum absolute atomic E-state index is 0.275. The van der Waals surface area contributed by atoms with E-state index in [9.17, 15) is 5.11 Å². The van der Waals surface area contributed by atoms with Crippen molar-refractivity contribution in [3.8, 4) is 0 Å². The summed E-state index contributed by atoms with van der Waals surface area (Å²) in [5, 5.41) is 9.67. The van der Waals surface area contributed by atoms with E-state index in [0.29, 0.717) is 11.8 Å². The van der Waals surface area contributed by atoms with Gasteiger partial charge in [-0.15, -0.1) is 0 Å². The van der Waals surface area contributed by atoms with Gasteiger partial charge in [-0.05, 0) is 49.5 Å². The average Bonchev–Trinajstić information content (AvgIpc) is 2.46. The summed E-state index contributed by atoms with van der Waals surface area (Å²) >= 11 is 0. The van der Waals surface area contributed by atoms with E-state index in [1.54, 1.807) is 0 Å². The van der Waals surface area contributed by atoms with E-state index < -0.39 is 0 Å². The van der Waals surface area contributed by atoms with Crippen molar-refractivity contribution >= 4 is 5.69 Å². The summed E-state index contributed by atoms with van der Waals surface area (Å²) in [4.78, 5) is 2.50. The van der Waals surface area contributed by atoms with E-state index in [1.807, 2.05) is 12.1 Å². The molecule has 1 aliphatic heterocycles. The molecule has 1 heterocycles. The number of benzene rings is 1. The van der Waals surface area contributed by atoms with Gasteiger partial charge >= 0.3 is 0 Å². The first-order valence-electron chi connectivity index (χ1n) is 7.43. The molecule has 3 heteroatoms. The normalized spacial score (nSPS) is 24.5. The molecular weight excluding hydrogens is 236 g/mol. The van der Waals surface area contributed by atoms with E-state index in [2.05, 4.69) is 24.0 Å². The molecular formula is C16H26N2O. The van der Waals surface area contributed by atoms with Gasteiger partial charge in [0.1, 0.15) is 0 Å². The Morgan fingerprint density at radius 1 is 1.32 bits per heavy atom. The monoisotopic (exact) mass is 262 g/mol. The van der Waals surface area contributed by atoms with Gasteiger partial charge in [0.15, 0.2) is 0 Å². The van der Waals surface area contributed by atoms with Crippen LogP contribution in [0.3, 0.4) is 0 Å². The predicted molar refractivity (Wildman–Crippen MR) is 80.1 cm³/mol. The van der Waals surface area contributed by atoms with Crippen LogP contribution < -0.4 is 5.73 Å². The van der Waals surface area contributed by atoms with Crippen LogP contribution in [0.5, 0.6) is 0 Å². The second kappa shape index (κ2) is 6.92. The fraction of sp³-hybridized carbons (Fsp3) is 0.625. The van der Waals surface area contributed by atoms with Gasteiger partial charge in [0, 0.05) is 24.8 Å². The van der Waals surface area contributed by atoms with Gasteiger partial charge in [0.2, 0.25) is 0 Å². The molecule has 2 atom stereocenters. The number of aliphatic hydroxyl groups excluding tert-OH is 1. The highest BCUT2D eigenvalue weighted by atomic mass is 16.3. The third-order valence-electron chi connectivity index (χ3n) is 4.25. The number of rotatable bonds is 5. The lowest BCUT2D eigenvalue weighted by molar-refractivity contribution is 0.101. The van der Waals surface area contributed by atoms with Crippen molar-refractivity contribution in [2.24, 2.45) is 5.92 Å². The van der Waals surface area contributed by atoms with E-state index in [1.165, 1.54) is 24.9 Å². The maximum absolute atomic E-state index is 9.67. The smallest absolute Gasteiger partial charge is 0.0477 e. The van der Waals surface area contributed by atoms with Crippen LogP contribution in [0.1, 0.15) is 37.7 Å². The number of likely N-dealkylation sites (tertiary alicyclic amines) is 1. The van der Waals surface area contributed by atoms with Gasteiger partial charge in [0.25, 0.3) is 0 Å². The molecule has 0 bridgehead atoms. The van der Waals surface area contributed by atoms with Crippen LogP contribution in [0.15, 0.2) is 24.3 Å². The van der Waals surface area contributed by atoms with Gasteiger partial charge < -0.3 is 15.7 Å². The Morgan fingerprint density at radius 2 is 2.05 bits per heavy atom. The first-order chi connectivity index (χ1) is 9.24. The molecule has 0 aliphatic carbocycles. The maximum Gasteiger partial charge on any atom is 0.0477 e. The van der Waals surface area contributed by atoms with Crippen molar-refractivity contribution in [2.45, 2.75) is 32.1 Å². The lowest BCUT2D eigenvalue weighted by Gasteiger charge is -2.38. The Kier molecular flexibility index (Phi) is 5.23. The highest BCUT2D eigenvalue weighted by molar-refractivity contribution is 5.40. The number of piperidine rings is 1. The van der Waals surface area contributed by atoms with E-state index in [0.717, 1.165) is 25.2 Å². The summed E-state index contributed by atoms with van der Waals surface area (Å²) in [6.07, 6.45) is 3.63. The minimum atomic E-state index is 0.275. The molecule has 1 aromatic rings. The fourth-order valence-electron chi connectivity index (χ4n) is 3.06. The number of aliphatic hydroxyl groups is 1. The second-order valence-corrected chi connectivity index (χ2v) is 5.66. The van der Waals surface area contributed by atoms with Crippen molar-refractivity contribution in [1.82, 2.24) is 4.90 Å². The number of anilines is 1. The summed E-state index contributed by atoms with van der Waals surface area (Å²) in [5.74, 6) is 0.831. The van der Waals surface area contributed by atoms with Crippen LogP contribution in [-0.2, 0) is 0 Å². The Morgan fingerprint density at radius 3 is 2.68 bits per heavy atom. The Bertz CT molecular complexity index is 377. The number of nitrogens with two attached hydrogens (primary N) is 1. The number of nitrogens with zero attached hydrogens (tertiary/aromatic N) is 1. The standard InChI is InChI=1S/C16H26N2O/c1-2-3-9-18-10-8-16(14(11-18)12-19)13-4-6-15(17)7-5-13/h4-7,14,16,19H,2-3,8-12,17H2,1H3. The lowest BCUT2D eigenvalue weighted by Crippen LogP contribution is -2.41. The zero-order valence-electron chi connectivity index (χ0n) is 11.9. The molecule has 0 spiro atoms. The number of hydrogen-bond acceptors (Lipinski definition) is 3. The first kappa shape index (κ1) is 14.4. The SMILES string of the molecule is CCCCN1CCC(c2ccc(N)cc2)C(CO)C1. The van der Waals surface area contributed by atoms with Crippen LogP contribution in [0.25, 0.3) is 0 Å². The Labute approximate surface area is 116 Å². The highest BCUT2D eigenvalue weighted by Gasteiger charge is 2.29. The zero-order valence-corrected chi connectivity index (χ0v) is 11.9. The molecule has 0 aromatic heterocycles. The molecule has 1 fully saturated rings. The summed E-state index contributed by atoms with van der Waals surface area (Å²) in [6.45, 7) is 5.83. The lowest BCUT2D eigenvalue weighted by atomic mass is 9.81. The van der Waals surface area contributed by atoms with Crippen molar-refractivity contribution in [3.63, 3.8) is 0 Å². The Balaban J connectivity index is 2.00. The molecule has 2 unspecified atom stereocenters. The van der Waals surface area contributed by atoms with Gasteiger partial charge in [-0.25, -0.2) is 0 Å². The molecule has 106 valence electrons. The van der Waals surface area contributed by atoms with Gasteiger partial charge in [-0.3, -0.25) is 0 Å². The molecule has 19 heavy (non-hydrogen) atoms. The molecule has 0 radical (unpaired) electrons. The quantitative estimate of drug-likeness (QED) is 0.801. The van der Waals surface area contributed by atoms with Crippen LogP contribution >= 0.6 is 0 Å². The Hall–Kier alpha value is -1.06. The molecule has 2 rings (SSSR count). The summed E-state index contributed by atoms with van der Waals surface area (Å²) in [5.41, 5.74) is 7.88. The van der Waals surface area contributed by atoms with Crippen LogP contribution in [0, 0.1) is 5.92 Å². The van der Waals surface area contributed by atoms with Crippen LogP contribution in [0.2, 0.25) is 0 Å². The van der Waals surface area contributed by atoms with Crippen molar-refractivity contribution in [3.05, 3.63) is 29.8 Å². The van der Waals surface area contributed by atoms with E-state index in [4.69, 9.17) is 5.73 Å². The van der Waals surface area contributed by atoms with Gasteiger partial charge in [-0.2, -0.15) is 0 Å². The molecule has 1 saturated heterocycles. The third-order valence-corrected chi connectivity index (χ3v) is 4.25. The molecule has 1 aromatic carbocycles. The van der Waals surface area contributed by atoms with E-state index >= 15 is 0 Å². The zero-order chi connectivity index (χ0) is 13.7. The molecule has 3 nitrogen and oxygen atoms in total. The summed E-state index contributed by atoms with van der Waals surface area (Å²) in [6, 6.07) is 8.16. The number of hydrogen-bond donors (Lipinski definition) is 2. The topological polar surface area (TPSA) is 49.5 Å². The summed E-state index contributed by atoms with van der Waals surface area (Å²) in [7, 11) is 0. The van der Waals surface area contributed by atoms with Crippen LogP contribution in [0.4, 0.5) is 5.69 Å². The van der Waals surface area contributed by atoms with Crippen molar-refractivity contribution in [1.29, 1.82) is 0 Å². The first-order valence-corrected chi connectivity index (χ1v) is 7.43. The van der Waals surface area contributed by atoms with Gasteiger partial charge in [-0.1, -0.05) is 25.5 Å². The third kappa shape index (κ3) is 3.71. The summed E-state index contributed by atoms with van der Waals surface area (Å²) < 4.78 is 0. The molecule has 3 N–H and O–H groups in total. The van der Waals surface area contributed by atoms with E-state index in [-0.39, 0.29) is 6.61 Å². The highest BCUT2D eigenvalue weighted by Crippen LogP contribution is 2.33. The minimum Gasteiger partial charge on any atom is -0.399 e. The van der Waals surface area contributed by atoms with Crippen LogP contribution in [-0.4, -0.2) is 36.2 Å². The van der Waals surface area contributed by atoms with Crippen molar-refractivity contribution in [2.75, 3.05) is 32.0 Å². The van der Waals surface area contributed by atoms with Crippen molar-refractivity contribution < 1.29 is 5.11 Å².